The number of carbonyl (C=O) groups is 1. The number of carbonyl (C=O) groups excluding carboxylic acids is 1. The van der Waals surface area contributed by atoms with Crippen molar-refractivity contribution in [1.29, 1.82) is 0 Å². The zero-order chi connectivity index (χ0) is 22.4. The lowest BCUT2D eigenvalue weighted by molar-refractivity contribution is -0.138. The second-order valence-electron chi connectivity index (χ2n) is 7.10. The van der Waals surface area contributed by atoms with Gasteiger partial charge in [-0.3, -0.25) is 18.7 Å². The van der Waals surface area contributed by atoms with Crippen LogP contribution in [-0.2, 0) is 23.1 Å². The van der Waals surface area contributed by atoms with E-state index < -0.39 is 0 Å². The van der Waals surface area contributed by atoms with Crippen molar-refractivity contribution in [3.05, 3.63) is 74.4 Å². The molecule has 2 aromatic carbocycles. The van der Waals surface area contributed by atoms with E-state index in [4.69, 9.17) is 5.73 Å². The van der Waals surface area contributed by atoms with E-state index in [9.17, 15) is 14.4 Å². The minimum absolute atomic E-state index is 0.0312. The van der Waals surface area contributed by atoms with Gasteiger partial charge < -0.3 is 15.4 Å². The van der Waals surface area contributed by atoms with Crippen molar-refractivity contribution in [2.24, 2.45) is 12.8 Å². The summed E-state index contributed by atoms with van der Waals surface area (Å²) in [5.74, 6) is -0.380. The van der Waals surface area contributed by atoms with Crippen molar-refractivity contribution in [2.75, 3.05) is 32.6 Å². The molecule has 0 amide bonds. The average molecular weight is 412 g/mol. The van der Waals surface area contributed by atoms with Crippen LogP contribution in [0, 0.1) is 6.92 Å². The molecular formula is C22H28N4O4. The van der Waals surface area contributed by atoms with E-state index in [1.807, 2.05) is 68.4 Å². The molecule has 2 N–H and O–H groups in total. The average Bonchev–Trinajstić information content (AvgIpc) is 2.74. The van der Waals surface area contributed by atoms with Gasteiger partial charge >= 0.3 is 11.7 Å². The molecule has 160 valence electrons. The van der Waals surface area contributed by atoms with Crippen LogP contribution < -0.4 is 21.9 Å². The van der Waals surface area contributed by atoms with Gasteiger partial charge in [-0.1, -0.05) is 29.8 Å². The first-order valence-corrected chi connectivity index (χ1v) is 9.43. The van der Waals surface area contributed by atoms with E-state index in [2.05, 4.69) is 4.74 Å². The van der Waals surface area contributed by atoms with Gasteiger partial charge in [-0.25, -0.2) is 4.79 Å². The molecule has 0 fully saturated rings. The summed E-state index contributed by atoms with van der Waals surface area (Å²) in [7, 11) is 6.85. The molecule has 0 aliphatic carbocycles. The molecule has 0 aliphatic rings. The lowest BCUT2D eigenvalue weighted by Gasteiger charge is -2.15. The molecule has 3 rings (SSSR count). The molecule has 8 heteroatoms. The van der Waals surface area contributed by atoms with Crippen LogP contribution in [0.5, 0.6) is 0 Å². The molecule has 3 aromatic rings. The highest BCUT2D eigenvalue weighted by atomic mass is 16.5. The van der Waals surface area contributed by atoms with Crippen LogP contribution in [0.15, 0.2) is 52.1 Å². The Hall–Kier alpha value is -3.39. The van der Waals surface area contributed by atoms with Crippen LogP contribution in [0.2, 0.25) is 0 Å². The summed E-state index contributed by atoms with van der Waals surface area (Å²) in [5, 5.41) is 0.552. The number of rotatable bonds is 4. The molecular weight excluding hydrogens is 384 g/mol. The third-order valence-electron chi connectivity index (χ3n) is 4.67. The quantitative estimate of drug-likeness (QED) is 0.648. The zero-order valence-electron chi connectivity index (χ0n) is 18.0. The Morgan fingerprint density at radius 1 is 1.13 bits per heavy atom. The van der Waals surface area contributed by atoms with Gasteiger partial charge in [-0.05, 0) is 30.7 Å². The van der Waals surface area contributed by atoms with Gasteiger partial charge in [0.25, 0.3) is 5.56 Å². The summed E-state index contributed by atoms with van der Waals surface area (Å²) in [4.78, 5) is 37.3. The second-order valence-corrected chi connectivity index (χ2v) is 7.10. The van der Waals surface area contributed by atoms with Crippen LogP contribution in [0.4, 0.5) is 5.69 Å². The third-order valence-corrected chi connectivity index (χ3v) is 4.67. The van der Waals surface area contributed by atoms with Gasteiger partial charge in [0.2, 0.25) is 0 Å². The zero-order valence-corrected chi connectivity index (χ0v) is 18.0. The number of methoxy groups -OCH3 is 1. The molecule has 1 aromatic heterocycles. The van der Waals surface area contributed by atoms with Crippen LogP contribution in [0.1, 0.15) is 11.1 Å². The van der Waals surface area contributed by atoms with Gasteiger partial charge in [0.15, 0.2) is 0 Å². The highest BCUT2D eigenvalue weighted by Crippen LogP contribution is 2.17. The van der Waals surface area contributed by atoms with Gasteiger partial charge in [0, 0.05) is 26.8 Å². The number of ether oxygens (including phenoxy) is 1. The van der Waals surface area contributed by atoms with Crippen LogP contribution in [-0.4, -0.2) is 42.9 Å². The third kappa shape index (κ3) is 5.15. The summed E-state index contributed by atoms with van der Waals surface area (Å²) in [6.45, 7) is 2.24. The van der Waals surface area contributed by atoms with E-state index >= 15 is 0 Å². The minimum Gasteiger partial charge on any atom is -0.468 e. The Balaban J connectivity index is 0.000000469. The molecule has 1 heterocycles. The van der Waals surface area contributed by atoms with E-state index in [0.717, 1.165) is 16.8 Å². The molecule has 0 atom stereocenters. The Morgan fingerprint density at radius 2 is 1.83 bits per heavy atom. The maximum Gasteiger partial charge on any atom is 0.331 e. The molecule has 0 spiro atoms. The Kier molecular flexibility index (Phi) is 7.54. The van der Waals surface area contributed by atoms with Gasteiger partial charge in [-0.2, -0.15) is 0 Å². The molecule has 0 saturated heterocycles. The van der Waals surface area contributed by atoms with Gasteiger partial charge in [0.1, 0.15) is 0 Å². The van der Waals surface area contributed by atoms with Crippen LogP contribution >= 0.6 is 0 Å². The predicted octanol–water partition coefficient (Wildman–Crippen LogP) is 1.24. The number of hydrogen-bond donors (Lipinski definition) is 1. The molecule has 8 nitrogen and oxygen atoms in total. The number of esters is 1. The van der Waals surface area contributed by atoms with Crippen LogP contribution in [0.25, 0.3) is 10.9 Å². The number of aryl methyl sites for hydroxylation is 2. The van der Waals surface area contributed by atoms with Crippen molar-refractivity contribution in [3.63, 3.8) is 0 Å². The number of nitrogens with two attached hydrogens (primary N) is 1. The van der Waals surface area contributed by atoms with E-state index in [0.29, 0.717) is 10.9 Å². The number of fused-ring (bicyclic) bond motifs is 1. The van der Waals surface area contributed by atoms with Crippen molar-refractivity contribution >= 4 is 22.6 Å². The second kappa shape index (κ2) is 9.89. The smallest absolute Gasteiger partial charge is 0.331 e. The number of benzene rings is 2. The summed E-state index contributed by atoms with van der Waals surface area (Å²) in [6.07, 6.45) is 0. The van der Waals surface area contributed by atoms with Gasteiger partial charge in [-0.15, -0.1) is 0 Å². The summed E-state index contributed by atoms with van der Waals surface area (Å²) in [6, 6.07) is 13.4. The number of hydrogen-bond acceptors (Lipinski definition) is 6. The monoisotopic (exact) mass is 412 g/mol. The topological polar surface area (TPSA) is 99.6 Å². The summed E-state index contributed by atoms with van der Waals surface area (Å²) < 4.78 is 6.97. The Bertz CT molecular complexity index is 1160. The normalized spacial score (nSPS) is 10.3. The fourth-order valence-electron chi connectivity index (χ4n) is 3.00. The highest BCUT2D eigenvalue weighted by Gasteiger charge is 2.12. The number of anilines is 1. The number of aromatic nitrogens is 2. The van der Waals surface area contributed by atoms with E-state index in [1.165, 1.54) is 16.2 Å². The SMILES string of the molecule is COC(=O)CN.Cc1cccc(Cn2c(=O)c3cc(N(C)C)ccc3n(C)c2=O)c1. The molecule has 0 unspecified atom stereocenters. The maximum absolute atomic E-state index is 12.9. The van der Waals surface area contributed by atoms with Crippen LogP contribution in [0.3, 0.4) is 0 Å². The fourth-order valence-corrected chi connectivity index (χ4v) is 3.00. The summed E-state index contributed by atoms with van der Waals surface area (Å²) in [5.41, 5.74) is 7.88. The minimum atomic E-state index is -0.380. The van der Waals surface area contributed by atoms with Crippen molar-refractivity contribution < 1.29 is 9.53 Å². The standard InChI is InChI=1S/C19H21N3O2.C3H7NO2/c1-13-6-5-7-14(10-13)12-22-18(23)16-11-15(20(2)3)8-9-17(16)21(4)19(22)24;1-6-3(5)2-4/h5-11H,12H2,1-4H3;2,4H2,1H3. The molecule has 0 saturated carbocycles. The molecule has 0 aliphatic heterocycles. The first-order chi connectivity index (χ1) is 14.2. The maximum atomic E-state index is 12.9. The molecule has 0 bridgehead atoms. The molecule has 0 radical (unpaired) electrons. The first kappa shape index (κ1) is 22.9. The van der Waals surface area contributed by atoms with Crippen molar-refractivity contribution in [3.8, 4) is 0 Å². The Morgan fingerprint density at radius 3 is 2.37 bits per heavy atom. The largest absolute Gasteiger partial charge is 0.468 e. The van der Waals surface area contributed by atoms with E-state index in [-0.39, 0.29) is 30.3 Å². The fraction of sp³-hybridized carbons (Fsp3) is 0.318. The summed E-state index contributed by atoms with van der Waals surface area (Å²) >= 11 is 0. The highest BCUT2D eigenvalue weighted by molar-refractivity contribution is 5.82. The number of nitrogens with zero attached hydrogens (tertiary/aromatic N) is 3. The predicted molar refractivity (Wildman–Crippen MR) is 119 cm³/mol. The van der Waals surface area contributed by atoms with Crippen molar-refractivity contribution in [2.45, 2.75) is 13.5 Å². The van der Waals surface area contributed by atoms with Gasteiger partial charge in [0.05, 0.1) is 31.1 Å². The first-order valence-electron chi connectivity index (χ1n) is 9.43. The lowest BCUT2D eigenvalue weighted by Crippen LogP contribution is -2.39. The van der Waals surface area contributed by atoms with Crippen molar-refractivity contribution in [1.82, 2.24) is 9.13 Å². The Labute approximate surface area is 175 Å². The molecule has 30 heavy (non-hydrogen) atoms. The van der Waals surface area contributed by atoms with E-state index in [1.54, 1.807) is 7.05 Å². The lowest BCUT2D eigenvalue weighted by atomic mass is 10.1.